The Morgan fingerprint density at radius 1 is 1.33 bits per heavy atom. The fraction of sp³-hybridized carbons (Fsp3) is 1.00. The van der Waals surface area contributed by atoms with Crippen molar-refractivity contribution in [2.45, 2.75) is 39.2 Å². The van der Waals surface area contributed by atoms with Crippen LogP contribution in [0.4, 0.5) is 0 Å². The number of nitrogens with one attached hydrogen (secondary N) is 1. The Morgan fingerprint density at radius 2 is 2.20 bits per heavy atom. The maximum absolute atomic E-state index is 5.64. The van der Waals surface area contributed by atoms with Gasteiger partial charge < -0.3 is 10.1 Å². The lowest BCUT2D eigenvalue weighted by Gasteiger charge is -2.32. The molecule has 0 radical (unpaired) electrons. The van der Waals surface area contributed by atoms with Crippen LogP contribution in [0.1, 0.15) is 33.1 Å². The first kappa shape index (κ1) is 12.9. The minimum Gasteiger partial charge on any atom is -0.376 e. The lowest BCUT2D eigenvalue weighted by Crippen LogP contribution is -2.44. The van der Waals surface area contributed by atoms with Gasteiger partial charge in [-0.15, -0.1) is 0 Å². The number of hydrogen-bond donors (Lipinski definition) is 1. The second-order valence-corrected chi connectivity index (χ2v) is 4.31. The minimum atomic E-state index is 0.467. The summed E-state index contributed by atoms with van der Waals surface area (Å²) in [5.41, 5.74) is 0. The molecule has 0 aromatic carbocycles. The average molecular weight is 214 g/mol. The van der Waals surface area contributed by atoms with Gasteiger partial charge in [0.05, 0.1) is 12.7 Å². The molecule has 0 aromatic rings. The second kappa shape index (κ2) is 8.08. The molecular weight excluding hydrogens is 188 g/mol. The number of unbranched alkanes of at least 4 members (excludes halogenated alkanes) is 1. The molecule has 1 fully saturated rings. The fourth-order valence-electron chi connectivity index (χ4n) is 1.89. The molecule has 1 atom stereocenters. The standard InChI is InChI=1S/C12H26N2O/c1-3-5-6-13-7-8-14-9-10-15-12(4-2)11-14/h12-13H,3-11H2,1-2H3. The van der Waals surface area contributed by atoms with Crippen LogP contribution < -0.4 is 5.32 Å². The van der Waals surface area contributed by atoms with Crippen LogP contribution in [0.3, 0.4) is 0 Å². The normalized spacial score (nSPS) is 23.2. The van der Waals surface area contributed by atoms with E-state index in [2.05, 4.69) is 24.1 Å². The number of ether oxygens (including phenoxy) is 1. The summed E-state index contributed by atoms with van der Waals surface area (Å²) in [6.45, 7) is 11.0. The van der Waals surface area contributed by atoms with Crippen LogP contribution in [0.5, 0.6) is 0 Å². The van der Waals surface area contributed by atoms with Gasteiger partial charge in [0.15, 0.2) is 0 Å². The van der Waals surface area contributed by atoms with Crippen LogP contribution in [-0.2, 0) is 4.74 Å². The molecule has 0 bridgehead atoms. The molecule has 0 spiro atoms. The molecule has 15 heavy (non-hydrogen) atoms. The molecule has 0 amide bonds. The summed E-state index contributed by atoms with van der Waals surface area (Å²) in [7, 11) is 0. The zero-order chi connectivity index (χ0) is 10.9. The van der Waals surface area contributed by atoms with E-state index in [4.69, 9.17) is 4.74 Å². The Bertz CT molecular complexity index is 153. The molecule has 1 saturated heterocycles. The van der Waals surface area contributed by atoms with Gasteiger partial charge in [-0.2, -0.15) is 0 Å². The van der Waals surface area contributed by atoms with Gasteiger partial charge in [0.25, 0.3) is 0 Å². The summed E-state index contributed by atoms with van der Waals surface area (Å²) in [6, 6.07) is 0. The number of nitrogens with zero attached hydrogens (tertiary/aromatic N) is 1. The summed E-state index contributed by atoms with van der Waals surface area (Å²) in [6.07, 6.45) is 4.18. The minimum absolute atomic E-state index is 0.467. The Labute approximate surface area is 94.2 Å². The fourth-order valence-corrected chi connectivity index (χ4v) is 1.89. The molecule has 1 N–H and O–H groups in total. The largest absolute Gasteiger partial charge is 0.376 e. The zero-order valence-electron chi connectivity index (χ0n) is 10.3. The van der Waals surface area contributed by atoms with Gasteiger partial charge in [-0.1, -0.05) is 20.3 Å². The van der Waals surface area contributed by atoms with E-state index in [1.165, 1.54) is 19.4 Å². The molecule has 0 aromatic heterocycles. The molecule has 0 aliphatic carbocycles. The van der Waals surface area contributed by atoms with Crippen LogP contribution in [0.25, 0.3) is 0 Å². The van der Waals surface area contributed by atoms with Gasteiger partial charge in [-0.25, -0.2) is 0 Å². The van der Waals surface area contributed by atoms with Crippen molar-refractivity contribution in [1.82, 2.24) is 10.2 Å². The lowest BCUT2D eigenvalue weighted by molar-refractivity contribution is -0.0290. The highest BCUT2D eigenvalue weighted by atomic mass is 16.5. The van der Waals surface area contributed by atoms with Crippen molar-refractivity contribution in [3.63, 3.8) is 0 Å². The molecule has 3 nitrogen and oxygen atoms in total. The van der Waals surface area contributed by atoms with Gasteiger partial charge in [0.2, 0.25) is 0 Å². The predicted octanol–water partition coefficient (Wildman–Crippen LogP) is 1.49. The molecule has 1 rings (SSSR count). The Kier molecular flexibility index (Phi) is 6.98. The number of hydrogen-bond acceptors (Lipinski definition) is 3. The first-order chi connectivity index (χ1) is 7.36. The van der Waals surface area contributed by atoms with Gasteiger partial charge in [0.1, 0.15) is 0 Å². The number of morpholine rings is 1. The maximum Gasteiger partial charge on any atom is 0.0700 e. The molecule has 90 valence electrons. The summed E-state index contributed by atoms with van der Waals surface area (Å²) >= 11 is 0. The van der Waals surface area contributed by atoms with Gasteiger partial charge >= 0.3 is 0 Å². The predicted molar refractivity (Wildman–Crippen MR) is 64.2 cm³/mol. The van der Waals surface area contributed by atoms with Gasteiger partial charge in [-0.05, 0) is 19.4 Å². The van der Waals surface area contributed by atoms with E-state index in [0.717, 1.165) is 39.2 Å². The van der Waals surface area contributed by atoms with Crippen LogP contribution in [0.2, 0.25) is 0 Å². The highest BCUT2D eigenvalue weighted by Crippen LogP contribution is 2.07. The molecule has 3 heteroatoms. The number of rotatable bonds is 7. The Morgan fingerprint density at radius 3 is 2.93 bits per heavy atom. The van der Waals surface area contributed by atoms with E-state index in [0.29, 0.717) is 6.10 Å². The van der Waals surface area contributed by atoms with Crippen molar-refractivity contribution >= 4 is 0 Å². The van der Waals surface area contributed by atoms with E-state index >= 15 is 0 Å². The van der Waals surface area contributed by atoms with Crippen LogP contribution >= 0.6 is 0 Å². The summed E-state index contributed by atoms with van der Waals surface area (Å²) in [5, 5.41) is 3.48. The van der Waals surface area contributed by atoms with Crippen molar-refractivity contribution in [1.29, 1.82) is 0 Å². The molecule has 0 saturated carbocycles. The van der Waals surface area contributed by atoms with Crippen LogP contribution in [0, 0.1) is 0 Å². The Balaban J connectivity index is 2.00. The first-order valence-corrected chi connectivity index (χ1v) is 6.41. The quantitative estimate of drug-likeness (QED) is 0.650. The average Bonchev–Trinajstić information content (AvgIpc) is 2.29. The van der Waals surface area contributed by atoms with Crippen LogP contribution in [-0.4, -0.2) is 50.3 Å². The third kappa shape index (κ3) is 5.50. The first-order valence-electron chi connectivity index (χ1n) is 6.41. The van der Waals surface area contributed by atoms with Crippen molar-refractivity contribution < 1.29 is 4.74 Å². The van der Waals surface area contributed by atoms with Crippen LogP contribution in [0.15, 0.2) is 0 Å². The lowest BCUT2D eigenvalue weighted by atomic mass is 10.2. The van der Waals surface area contributed by atoms with Crippen molar-refractivity contribution in [2.75, 3.05) is 39.3 Å². The van der Waals surface area contributed by atoms with Gasteiger partial charge in [-0.3, -0.25) is 4.90 Å². The topological polar surface area (TPSA) is 24.5 Å². The van der Waals surface area contributed by atoms with Crippen molar-refractivity contribution in [3.05, 3.63) is 0 Å². The third-order valence-electron chi connectivity index (χ3n) is 2.99. The van der Waals surface area contributed by atoms with Gasteiger partial charge in [0, 0.05) is 26.2 Å². The monoisotopic (exact) mass is 214 g/mol. The molecule has 1 aliphatic heterocycles. The van der Waals surface area contributed by atoms with E-state index in [9.17, 15) is 0 Å². The SMILES string of the molecule is CCCCNCCN1CCOC(CC)C1. The summed E-state index contributed by atoms with van der Waals surface area (Å²) in [4.78, 5) is 2.51. The smallest absolute Gasteiger partial charge is 0.0700 e. The second-order valence-electron chi connectivity index (χ2n) is 4.31. The van der Waals surface area contributed by atoms with E-state index in [1.807, 2.05) is 0 Å². The maximum atomic E-state index is 5.64. The van der Waals surface area contributed by atoms with E-state index in [1.54, 1.807) is 0 Å². The van der Waals surface area contributed by atoms with Crippen molar-refractivity contribution in [2.24, 2.45) is 0 Å². The third-order valence-corrected chi connectivity index (χ3v) is 2.99. The molecule has 1 heterocycles. The van der Waals surface area contributed by atoms with E-state index < -0.39 is 0 Å². The zero-order valence-corrected chi connectivity index (χ0v) is 10.3. The van der Waals surface area contributed by atoms with E-state index in [-0.39, 0.29) is 0 Å². The summed E-state index contributed by atoms with van der Waals surface area (Å²) in [5.74, 6) is 0. The summed E-state index contributed by atoms with van der Waals surface area (Å²) < 4.78 is 5.64. The molecule has 1 unspecified atom stereocenters. The Hall–Kier alpha value is -0.120. The highest BCUT2D eigenvalue weighted by molar-refractivity contribution is 4.70. The molecule has 1 aliphatic rings. The molecular formula is C12H26N2O. The van der Waals surface area contributed by atoms with Crippen molar-refractivity contribution in [3.8, 4) is 0 Å². The highest BCUT2D eigenvalue weighted by Gasteiger charge is 2.17.